The van der Waals surface area contributed by atoms with Crippen LogP contribution in [0.3, 0.4) is 0 Å². The van der Waals surface area contributed by atoms with Crippen molar-refractivity contribution in [3.8, 4) is 0 Å². The molecular weight excluding hydrogens is 232 g/mol. The van der Waals surface area contributed by atoms with Gasteiger partial charge < -0.3 is 19.8 Å². The molecule has 1 aliphatic rings. The topological polar surface area (TPSA) is 68.7 Å². The molecule has 1 amide bonds. The van der Waals surface area contributed by atoms with Gasteiger partial charge in [0.05, 0.1) is 17.9 Å². The zero-order chi connectivity index (χ0) is 13.0. The molecule has 0 aliphatic carbocycles. The normalized spacial score (nSPS) is 18.6. The van der Waals surface area contributed by atoms with Gasteiger partial charge in [0.25, 0.3) is 0 Å². The number of hydrogen-bond acceptors (Lipinski definition) is 4. The molecule has 2 N–H and O–H groups in total. The van der Waals surface area contributed by atoms with Crippen LogP contribution in [0.5, 0.6) is 0 Å². The summed E-state index contributed by atoms with van der Waals surface area (Å²) >= 11 is 0. The third-order valence-corrected chi connectivity index (χ3v) is 3.64. The highest BCUT2D eigenvalue weighted by Crippen LogP contribution is 2.31. The molecule has 0 atom stereocenters. The van der Waals surface area contributed by atoms with Crippen LogP contribution in [0.2, 0.25) is 0 Å². The molecule has 1 fully saturated rings. The third-order valence-electron chi connectivity index (χ3n) is 3.64. The fourth-order valence-corrected chi connectivity index (χ4v) is 2.40. The van der Waals surface area contributed by atoms with E-state index >= 15 is 0 Å². The Hall–Kier alpha value is -1.33. The van der Waals surface area contributed by atoms with Crippen LogP contribution in [0, 0.1) is 5.41 Å². The van der Waals surface area contributed by atoms with Crippen molar-refractivity contribution in [1.82, 2.24) is 4.90 Å². The molecule has 1 saturated heterocycles. The smallest absolute Gasteiger partial charge is 0.230 e. The van der Waals surface area contributed by atoms with Crippen LogP contribution >= 0.6 is 0 Å². The number of carbonyl (C=O) groups is 1. The Kier molecular flexibility index (Phi) is 4.04. The van der Waals surface area contributed by atoms with E-state index in [9.17, 15) is 4.79 Å². The largest absolute Gasteiger partial charge is 0.472 e. The van der Waals surface area contributed by atoms with E-state index in [1.807, 2.05) is 13.1 Å². The van der Waals surface area contributed by atoms with Gasteiger partial charge in [0.15, 0.2) is 0 Å². The van der Waals surface area contributed by atoms with Crippen LogP contribution in [-0.2, 0) is 16.1 Å². The van der Waals surface area contributed by atoms with Crippen molar-refractivity contribution in [2.45, 2.75) is 19.4 Å². The van der Waals surface area contributed by atoms with Crippen molar-refractivity contribution in [2.75, 3.05) is 26.8 Å². The number of nitrogens with two attached hydrogens (primary N) is 1. The third kappa shape index (κ3) is 2.57. The van der Waals surface area contributed by atoms with Crippen LogP contribution < -0.4 is 5.73 Å². The molecule has 2 rings (SSSR count). The fraction of sp³-hybridized carbons (Fsp3) is 0.615. The summed E-state index contributed by atoms with van der Waals surface area (Å²) in [4.78, 5) is 14.3. The van der Waals surface area contributed by atoms with Gasteiger partial charge in [-0.15, -0.1) is 0 Å². The predicted octanol–water partition coefficient (Wildman–Crippen LogP) is 0.993. The molecule has 18 heavy (non-hydrogen) atoms. The molecule has 1 aliphatic heterocycles. The Morgan fingerprint density at radius 2 is 2.22 bits per heavy atom. The molecule has 1 aromatic rings. The lowest BCUT2D eigenvalue weighted by Crippen LogP contribution is -2.49. The standard InChI is InChI=1S/C13H20N2O3/c1-15(8-11-2-5-18-9-11)12(16)13(10-14)3-6-17-7-4-13/h2,5,9H,3-4,6-8,10,14H2,1H3. The minimum absolute atomic E-state index is 0.106. The van der Waals surface area contributed by atoms with E-state index in [2.05, 4.69) is 0 Å². The van der Waals surface area contributed by atoms with E-state index in [1.54, 1.807) is 17.4 Å². The number of ether oxygens (including phenoxy) is 1. The highest BCUT2D eigenvalue weighted by molar-refractivity contribution is 5.83. The highest BCUT2D eigenvalue weighted by Gasteiger charge is 2.40. The minimum atomic E-state index is -0.448. The summed E-state index contributed by atoms with van der Waals surface area (Å²) in [7, 11) is 1.81. The van der Waals surface area contributed by atoms with Gasteiger partial charge >= 0.3 is 0 Å². The molecular formula is C13H20N2O3. The molecule has 1 aromatic heterocycles. The molecule has 100 valence electrons. The second-order valence-electron chi connectivity index (χ2n) is 4.89. The highest BCUT2D eigenvalue weighted by atomic mass is 16.5. The molecule has 0 bridgehead atoms. The Morgan fingerprint density at radius 1 is 1.50 bits per heavy atom. The van der Waals surface area contributed by atoms with Crippen molar-refractivity contribution in [2.24, 2.45) is 11.1 Å². The molecule has 0 radical (unpaired) electrons. The average molecular weight is 252 g/mol. The molecule has 0 unspecified atom stereocenters. The maximum absolute atomic E-state index is 12.5. The summed E-state index contributed by atoms with van der Waals surface area (Å²) in [6.45, 7) is 2.16. The van der Waals surface area contributed by atoms with Crippen LogP contribution in [0.25, 0.3) is 0 Å². The summed E-state index contributed by atoms with van der Waals surface area (Å²) in [5.74, 6) is 0.106. The zero-order valence-electron chi connectivity index (χ0n) is 10.7. The molecule has 5 heteroatoms. The summed E-state index contributed by atoms with van der Waals surface area (Å²) in [6.07, 6.45) is 4.68. The first kappa shape index (κ1) is 13.1. The average Bonchev–Trinajstić information content (AvgIpc) is 2.91. The maximum atomic E-state index is 12.5. The van der Waals surface area contributed by atoms with Gasteiger partial charge in [0.2, 0.25) is 5.91 Å². The summed E-state index contributed by atoms with van der Waals surface area (Å²) in [5, 5.41) is 0. The number of hydrogen-bond donors (Lipinski definition) is 1. The zero-order valence-corrected chi connectivity index (χ0v) is 10.7. The monoisotopic (exact) mass is 252 g/mol. The Labute approximate surface area is 107 Å². The number of furan rings is 1. The second kappa shape index (κ2) is 5.54. The van der Waals surface area contributed by atoms with Crippen LogP contribution in [-0.4, -0.2) is 37.6 Å². The number of rotatable bonds is 4. The van der Waals surface area contributed by atoms with Crippen LogP contribution in [0.15, 0.2) is 23.0 Å². The van der Waals surface area contributed by atoms with E-state index in [0.29, 0.717) is 39.1 Å². The van der Waals surface area contributed by atoms with Gasteiger partial charge in [-0.25, -0.2) is 0 Å². The van der Waals surface area contributed by atoms with E-state index in [-0.39, 0.29) is 5.91 Å². The maximum Gasteiger partial charge on any atom is 0.230 e. The van der Waals surface area contributed by atoms with Gasteiger partial charge in [0.1, 0.15) is 0 Å². The lowest BCUT2D eigenvalue weighted by Gasteiger charge is -2.37. The molecule has 0 aromatic carbocycles. The molecule has 0 saturated carbocycles. The SMILES string of the molecule is CN(Cc1ccoc1)C(=O)C1(CN)CCOCC1. The van der Waals surface area contributed by atoms with Crippen molar-refractivity contribution in [1.29, 1.82) is 0 Å². The fourth-order valence-electron chi connectivity index (χ4n) is 2.40. The Bertz CT molecular complexity index is 383. The molecule has 5 nitrogen and oxygen atoms in total. The second-order valence-corrected chi connectivity index (χ2v) is 4.89. The number of carbonyl (C=O) groups excluding carboxylic acids is 1. The first-order chi connectivity index (χ1) is 8.68. The van der Waals surface area contributed by atoms with Crippen molar-refractivity contribution in [3.63, 3.8) is 0 Å². The van der Waals surface area contributed by atoms with Crippen molar-refractivity contribution >= 4 is 5.91 Å². The first-order valence-corrected chi connectivity index (χ1v) is 6.22. The van der Waals surface area contributed by atoms with Gasteiger partial charge in [0, 0.05) is 38.9 Å². The van der Waals surface area contributed by atoms with Crippen LogP contribution in [0.4, 0.5) is 0 Å². The Balaban J connectivity index is 2.04. The van der Waals surface area contributed by atoms with Gasteiger partial charge in [-0.2, -0.15) is 0 Å². The van der Waals surface area contributed by atoms with E-state index < -0.39 is 5.41 Å². The predicted molar refractivity (Wildman–Crippen MR) is 66.7 cm³/mol. The van der Waals surface area contributed by atoms with Crippen molar-refractivity contribution < 1.29 is 13.9 Å². The lowest BCUT2D eigenvalue weighted by atomic mass is 9.79. The van der Waals surface area contributed by atoms with Gasteiger partial charge in [-0.05, 0) is 18.9 Å². The van der Waals surface area contributed by atoms with Gasteiger partial charge in [-0.1, -0.05) is 0 Å². The van der Waals surface area contributed by atoms with Crippen molar-refractivity contribution in [3.05, 3.63) is 24.2 Å². The summed E-state index contributed by atoms with van der Waals surface area (Å²) < 4.78 is 10.3. The number of nitrogens with zero attached hydrogens (tertiary/aromatic N) is 1. The van der Waals surface area contributed by atoms with E-state index in [1.165, 1.54) is 0 Å². The lowest BCUT2D eigenvalue weighted by molar-refractivity contribution is -0.146. The van der Waals surface area contributed by atoms with E-state index in [4.69, 9.17) is 14.9 Å². The van der Waals surface area contributed by atoms with Gasteiger partial charge in [-0.3, -0.25) is 4.79 Å². The summed E-state index contributed by atoms with van der Waals surface area (Å²) in [6, 6.07) is 1.86. The Morgan fingerprint density at radius 3 is 2.78 bits per heavy atom. The van der Waals surface area contributed by atoms with E-state index in [0.717, 1.165) is 5.56 Å². The first-order valence-electron chi connectivity index (χ1n) is 6.22. The summed E-state index contributed by atoms with van der Waals surface area (Å²) in [5.41, 5.74) is 6.37. The molecule has 2 heterocycles. The molecule has 0 spiro atoms. The van der Waals surface area contributed by atoms with Crippen LogP contribution in [0.1, 0.15) is 18.4 Å². The minimum Gasteiger partial charge on any atom is -0.472 e. The quantitative estimate of drug-likeness (QED) is 0.867. The number of amides is 1.